The number of ether oxygens (including phenoxy) is 1. The smallest absolute Gasteiger partial charge is 0.275 e. The Morgan fingerprint density at radius 3 is 2.78 bits per heavy atom. The van der Waals surface area contributed by atoms with Crippen molar-refractivity contribution < 1.29 is 9.84 Å². The van der Waals surface area contributed by atoms with Crippen molar-refractivity contribution >= 4 is 11.5 Å². The van der Waals surface area contributed by atoms with Gasteiger partial charge in [-0.15, -0.1) is 0 Å². The molecule has 1 unspecified atom stereocenters. The van der Waals surface area contributed by atoms with Gasteiger partial charge in [-0.1, -0.05) is 30.3 Å². The van der Waals surface area contributed by atoms with E-state index >= 15 is 0 Å². The molecule has 0 saturated heterocycles. The Morgan fingerprint density at radius 1 is 1.50 bits per heavy atom. The number of rotatable bonds is 3. The number of hydrogen-bond acceptors (Lipinski definition) is 4. The lowest BCUT2D eigenvalue weighted by atomic mass is 10.2. The van der Waals surface area contributed by atoms with E-state index < -0.39 is 5.91 Å². The molecule has 1 aliphatic heterocycles. The first-order chi connectivity index (χ1) is 8.57. The van der Waals surface area contributed by atoms with Crippen LogP contribution in [0, 0.1) is 5.41 Å². The Bertz CT molecular complexity index is 472. The quantitative estimate of drug-likeness (QED) is 0.486. The van der Waals surface area contributed by atoms with Gasteiger partial charge in [-0.05, 0) is 13.8 Å². The molecule has 5 nitrogen and oxygen atoms in total. The summed E-state index contributed by atoms with van der Waals surface area (Å²) in [6.45, 7) is 3.97. The van der Waals surface area contributed by atoms with Gasteiger partial charge >= 0.3 is 0 Å². The van der Waals surface area contributed by atoms with Crippen molar-refractivity contribution in [3.8, 4) is 0 Å². The van der Waals surface area contributed by atoms with E-state index in [-0.39, 0.29) is 12.3 Å². The first-order valence-electron chi connectivity index (χ1n) is 5.91. The van der Waals surface area contributed by atoms with Crippen molar-refractivity contribution in [1.29, 1.82) is 5.41 Å². The summed E-state index contributed by atoms with van der Waals surface area (Å²) in [7, 11) is 0. The zero-order valence-electron chi connectivity index (χ0n) is 10.6. The zero-order valence-corrected chi connectivity index (χ0v) is 10.6. The molecule has 96 valence electrons. The van der Waals surface area contributed by atoms with Gasteiger partial charge in [0.2, 0.25) is 0 Å². The lowest BCUT2D eigenvalue weighted by Gasteiger charge is -2.31. The molecule has 1 heterocycles. The highest BCUT2D eigenvalue weighted by molar-refractivity contribution is 5.99. The fourth-order valence-corrected chi connectivity index (χ4v) is 1.98. The largest absolute Gasteiger partial charge is 0.347 e. The monoisotopic (exact) mass is 247 g/mol. The minimum atomic E-state index is -1.54. The number of aliphatic hydroxyl groups is 1. The molecule has 2 rings (SSSR count). The molecule has 5 heteroatoms. The van der Waals surface area contributed by atoms with Crippen LogP contribution in [0.3, 0.4) is 0 Å². The normalized spacial score (nSPS) is 23.1. The average molecular weight is 247 g/mol. The summed E-state index contributed by atoms with van der Waals surface area (Å²) in [6.07, 6.45) is 0.288. The summed E-state index contributed by atoms with van der Waals surface area (Å²) in [6, 6.07) is 9.17. The van der Waals surface area contributed by atoms with Gasteiger partial charge in [-0.2, -0.15) is 10.1 Å². The predicted molar refractivity (Wildman–Crippen MR) is 69.4 cm³/mol. The number of nitrogens with zero attached hydrogens (tertiary/aromatic N) is 2. The third-order valence-electron chi connectivity index (χ3n) is 2.72. The van der Waals surface area contributed by atoms with Crippen LogP contribution in [0.15, 0.2) is 35.4 Å². The van der Waals surface area contributed by atoms with Crippen molar-refractivity contribution in [2.75, 3.05) is 6.61 Å². The number of benzene rings is 1. The summed E-state index contributed by atoms with van der Waals surface area (Å²) >= 11 is 0. The van der Waals surface area contributed by atoms with Gasteiger partial charge in [0.15, 0.2) is 5.84 Å². The molecule has 0 saturated carbocycles. The first-order valence-corrected chi connectivity index (χ1v) is 5.91. The van der Waals surface area contributed by atoms with Crippen LogP contribution in [0.25, 0.3) is 0 Å². The molecule has 0 aliphatic carbocycles. The van der Waals surface area contributed by atoms with Crippen molar-refractivity contribution in [2.24, 2.45) is 5.10 Å². The zero-order chi connectivity index (χ0) is 13.2. The third kappa shape index (κ3) is 2.27. The second-order valence-corrected chi connectivity index (χ2v) is 4.21. The molecule has 1 aliphatic rings. The maximum Gasteiger partial charge on any atom is 0.275 e. The van der Waals surface area contributed by atoms with Gasteiger partial charge in [-0.3, -0.25) is 5.41 Å². The maximum atomic E-state index is 10.4. The first kappa shape index (κ1) is 12.7. The van der Waals surface area contributed by atoms with Gasteiger partial charge in [0, 0.05) is 17.9 Å². The molecular formula is C13H17N3O2. The second-order valence-electron chi connectivity index (χ2n) is 4.21. The molecule has 0 aromatic heterocycles. The number of hydrazone groups is 1. The van der Waals surface area contributed by atoms with Crippen LogP contribution in [0.2, 0.25) is 0 Å². The van der Waals surface area contributed by atoms with Crippen LogP contribution in [0.1, 0.15) is 25.8 Å². The summed E-state index contributed by atoms with van der Waals surface area (Å²) in [5.74, 6) is -1.41. The fourth-order valence-electron chi connectivity index (χ4n) is 1.98. The molecule has 1 aromatic rings. The third-order valence-corrected chi connectivity index (χ3v) is 2.72. The molecule has 0 amide bonds. The molecule has 0 fully saturated rings. The Labute approximate surface area is 106 Å². The van der Waals surface area contributed by atoms with Crippen molar-refractivity contribution in [3.05, 3.63) is 35.9 Å². The van der Waals surface area contributed by atoms with E-state index in [2.05, 4.69) is 5.10 Å². The van der Waals surface area contributed by atoms with Crippen LogP contribution in [-0.2, 0) is 4.74 Å². The SMILES string of the molecule is CCOC1(O)CC(C)=NN1C(=N)c1ccccc1. The van der Waals surface area contributed by atoms with Crippen LogP contribution < -0.4 is 0 Å². The summed E-state index contributed by atoms with van der Waals surface area (Å²) < 4.78 is 5.34. The highest BCUT2D eigenvalue weighted by atomic mass is 16.7. The topological polar surface area (TPSA) is 68.9 Å². The van der Waals surface area contributed by atoms with E-state index in [4.69, 9.17) is 10.1 Å². The van der Waals surface area contributed by atoms with E-state index in [0.717, 1.165) is 5.71 Å². The van der Waals surface area contributed by atoms with Crippen LogP contribution in [0.5, 0.6) is 0 Å². The van der Waals surface area contributed by atoms with E-state index in [9.17, 15) is 5.11 Å². The Kier molecular flexibility index (Phi) is 3.45. The lowest BCUT2D eigenvalue weighted by molar-refractivity contribution is -0.257. The Balaban J connectivity index is 2.28. The van der Waals surface area contributed by atoms with Gasteiger partial charge in [0.1, 0.15) is 0 Å². The molecule has 1 atom stereocenters. The van der Waals surface area contributed by atoms with Crippen LogP contribution in [-0.4, -0.2) is 34.2 Å². The van der Waals surface area contributed by atoms with E-state index in [1.807, 2.05) is 25.1 Å². The van der Waals surface area contributed by atoms with Crippen molar-refractivity contribution in [2.45, 2.75) is 26.2 Å². The van der Waals surface area contributed by atoms with Crippen molar-refractivity contribution in [1.82, 2.24) is 5.01 Å². The highest BCUT2D eigenvalue weighted by Gasteiger charge is 2.43. The highest BCUT2D eigenvalue weighted by Crippen LogP contribution is 2.28. The molecule has 1 aromatic carbocycles. The average Bonchev–Trinajstić information content (AvgIpc) is 2.65. The van der Waals surface area contributed by atoms with Gasteiger partial charge in [0.25, 0.3) is 5.91 Å². The summed E-state index contributed by atoms with van der Waals surface area (Å²) in [5, 5.41) is 24.0. The Morgan fingerprint density at radius 2 is 2.17 bits per heavy atom. The molecular weight excluding hydrogens is 230 g/mol. The maximum absolute atomic E-state index is 10.4. The summed E-state index contributed by atoms with van der Waals surface area (Å²) in [4.78, 5) is 0. The number of hydrogen-bond donors (Lipinski definition) is 2. The van der Waals surface area contributed by atoms with Crippen LogP contribution >= 0.6 is 0 Å². The number of nitrogens with one attached hydrogen (secondary N) is 1. The fraction of sp³-hybridized carbons (Fsp3) is 0.385. The Hall–Kier alpha value is -1.72. The van der Waals surface area contributed by atoms with E-state index in [1.165, 1.54) is 5.01 Å². The van der Waals surface area contributed by atoms with E-state index in [0.29, 0.717) is 12.2 Å². The summed E-state index contributed by atoms with van der Waals surface area (Å²) in [5.41, 5.74) is 1.43. The molecule has 2 N–H and O–H groups in total. The van der Waals surface area contributed by atoms with Crippen molar-refractivity contribution in [3.63, 3.8) is 0 Å². The van der Waals surface area contributed by atoms with Gasteiger partial charge < -0.3 is 9.84 Å². The standard InChI is InChI=1S/C13H17N3O2/c1-3-18-13(17)9-10(2)15-16(13)12(14)11-7-5-4-6-8-11/h4-8,14,17H,3,9H2,1-2H3. The minimum absolute atomic E-state index is 0.128. The van der Waals surface area contributed by atoms with Crippen LogP contribution in [0.4, 0.5) is 0 Å². The van der Waals surface area contributed by atoms with Gasteiger partial charge in [0.05, 0.1) is 6.42 Å². The predicted octanol–water partition coefficient (Wildman–Crippen LogP) is 1.78. The molecule has 18 heavy (non-hydrogen) atoms. The molecule has 0 radical (unpaired) electrons. The van der Waals surface area contributed by atoms with Gasteiger partial charge in [-0.25, -0.2) is 0 Å². The minimum Gasteiger partial charge on any atom is -0.347 e. The van der Waals surface area contributed by atoms with E-state index in [1.54, 1.807) is 19.1 Å². The lowest BCUT2D eigenvalue weighted by Crippen LogP contribution is -2.48. The number of amidine groups is 1. The molecule has 0 bridgehead atoms. The molecule has 0 spiro atoms. The second kappa shape index (κ2) is 4.88.